The second kappa shape index (κ2) is 10.7. The molecule has 2 heterocycles. The Hall–Kier alpha value is -1.84. The molecule has 0 unspecified atom stereocenters. The number of benzene rings is 1. The topological polar surface area (TPSA) is 64.7 Å². The summed E-state index contributed by atoms with van der Waals surface area (Å²) in [5.74, 6) is -0.873. The van der Waals surface area contributed by atoms with Crippen LogP contribution in [-0.4, -0.2) is 60.9 Å². The van der Waals surface area contributed by atoms with Crippen LogP contribution in [0.3, 0.4) is 0 Å². The molecule has 2 aliphatic heterocycles. The predicted molar refractivity (Wildman–Crippen MR) is 114 cm³/mol. The first-order valence-electron chi connectivity index (χ1n) is 10.7. The van der Waals surface area contributed by atoms with E-state index in [1.165, 1.54) is 0 Å². The van der Waals surface area contributed by atoms with E-state index in [1.807, 2.05) is 9.80 Å². The van der Waals surface area contributed by atoms with Gasteiger partial charge in [0.25, 0.3) is 0 Å². The molecular formula is C21H28ClF3N4O2. The summed E-state index contributed by atoms with van der Waals surface area (Å²) >= 11 is 6.28. The average molecular weight is 461 g/mol. The highest BCUT2D eigenvalue weighted by Crippen LogP contribution is 2.39. The fraction of sp³-hybridized carbons (Fsp3) is 0.619. The standard InChI is InChI=1S/C21H28ClF3N4O2/c22-20-16(26-18(30)13-28-7-3-1-4-8-28)11-15(21(23,24)25)12-17(20)27-19(31)14-29-9-5-2-6-10-29/h11-12H,1-10,13-14H2,(H,26,30)(H,27,31). The fourth-order valence-electron chi connectivity index (χ4n) is 3.99. The van der Waals surface area contributed by atoms with Gasteiger partial charge in [-0.05, 0) is 64.0 Å². The summed E-state index contributed by atoms with van der Waals surface area (Å²) in [6.07, 6.45) is 1.53. The zero-order chi connectivity index (χ0) is 22.4. The Kier molecular flexibility index (Phi) is 8.18. The number of nitrogens with one attached hydrogen (secondary N) is 2. The van der Waals surface area contributed by atoms with Crippen LogP contribution in [0.1, 0.15) is 44.1 Å². The van der Waals surface area contributed by atoms with Gasteiger partial charge < -0.3 is 10.6 Å². The van der Waals surface area contributed by atoms with Crippen molar-refractivity contribution in [3.8, 4) is 0 Å². The molecule has 2 saturated heterocycles. The minimum atomic E-state index is -4.65. The lowest BCUT2D eigenvalue weighted by Gasteiger charge is -2.26. The van der Waals surface area contributed by atoms with E-state index in [2.05, 4.69) is 10.6 Å². The van der Waals surface area contributed by atoms with Gasteiger partial charge in [-0.2, -0.15) is 13.2 Å². The number of rotatable bonds is 6. The second-order valence-corrected chi connectivity index (χ2v) is 8.53. The minimum Gasteiger partial charge on any atom is -0.324 e. The maximum absolute atomic E-state index is 13.4. The van der Waals surface area contributed by atoms with E-state index in [1.54, 1.807) is 0 Å². The molecule has 1 aromatic rings. The Labute approximate surface area is 185 Å². The van der Waals surface area contributed by atoms with E-state index in [4.69, 9.17) is 11.6 Å². The number of anilines is 2. The molecule has 1 aromatic carbocycles. The Morgan fingerprint density at radius 1 is 0.806 bits per heavy atom. The van der Waals surface area contributed by atoms with Gasteiger partial charge in [0.05, 0.1) is 35.1 Å². The van der Waals surface area contributed by atoms with Crippen LogP contribution >= 0.6 is 11.6 Å². The Morgan fingerprint density at radius 3 is 1.55 bits per heavy atom. The van der Waals surface area contributed by atoms with E-state index < -0.39 is 23.6 Å². The van der Waals surface area contributed by atoms with Gasteiger partial charge in [0.2, 0.25) is 11.8 Å². The molecule has 0 spiro atoms. The summed E-state index contributed by atoms with van der Waals surface area (Å²) in [7, 11) is 0. The third-order valence-electron chi connectivity index (χ3n) is 5.58. The number of halogens is 4. The quantitative estimate of drug-likeness (QED) is 0.667. The molecule has 3 rings (SSSR count). The second-order valence-electron chi connectivity index (χ2n) is 8.15. The Bertz CT molecular complexity index is 736. The van der Waals surface area contributed by atoms with E-state index in [0.717, 1.165) is 76.8 Å². The highest BCUT2D eigenvalue weighted by Gasteiger charge is 2.33. The van der Waals surface area contributed by atoms with Gasteiger partial charge in [-0.15, -0.1) is 0 Å². The molecule has 6 nitrogen and oxygen atoms in total. The summed E-state index contributed by atoms with van der Waals surface area (Å²) in [5, 5.41) is 4.86. The number of hydrogen-bond donors (Lipinski definition) is 2. The molecule has 172 valence electrons. The summed E-state index contributed by atoms with van der Waals surface area (Å²) in [4.78, 5) is 28.7. The van der Waals surface area contributed by atoms with Crippen molar-refractivity contribution in [2.24, 2.45) is 0 Å². The van der Waals surface area contributed by atoms with E-state index in [-0.39, 0.29) is 29.5 Å². The number of carbonyl (C=O) groups is 2. The van der Waals surface area contributed by atoms with Gasteiger partial charge in [-0.3, -0.25) is 19.4 Å². The number of piperidine rings is 2. The van der Waals surface area contributed by atoms with E-state index in [9.17, 15) is 22.8 Å². The van der Waals surface area contributed by atoms with Gasteiger partial charge in [-0.25, -0.2) is 0 Å². The van der Waals surface area contributed by atoms with Crippen LogP contribution < -0.4 is 10.6 Å². The summed E-state index contributed by atoms with van der Waals surface area (Å²) in [5.41, 5.74) is -1.31. The van der Waals surface area contributed by atoms with Crippen LogP contribution in [-0.2, 0) is 15.8 Å². The molecule has 0 saturated carbocycles. The lowest BCUT2D eigenvalue weighted by molar-refractivity contribution is -0.137. The zero-order valence-corrected chi connectivity index (χ0v) is 18.1. The molecule has 2 aliphatic rings. The van der Waals surface area contributed by atoms with Crippen LogP contribution in [0.25, 0.3) is 0 Å². The molecule has 10 heteroatoms. The zero-order valence-electron chi connectivity index (χ0n) is 17.4. The van der Waals surface area contributed by atoms with Crippen LogP contribution in [0.5, 0.6) is 0 Å². The van der Waals surface area contributed by atoms with Crippen molar-refractivity contribution < 1.29 is 22.8 Å². The van der Waals surface area contributed by atoms with Gasteiger partial charge in [0.15, 0.2) is 0 Å². The lowest BCUT2D eigenvalue weighted by atomic mass is 10.1. The van der Waals surface area contributed by atoms with Gasteiger partial charge >= 0.3 is 6.18 Å². The largest absolute Gasteiger partial charge is 0.416 e. The van der Waals surface area contributed by atoms with Crippen molar-refractivity contribution in [3.63, 3.8) is 0 Å². The molecule has 0 aliphatic carbocycles. The van der Waals surface area contributed by atoms with Crippen LogP contribution in [0.2, 0.25) is 5.02 Å². The Morgan fingerprint density at radius 2 is 1.19 bits per heavy atom. The highest BCUT2D eigenvalue weighted by atomic mass is 35.5. The maximum atomic E-state index is 13.4. The normalized spacial score (nSPS) is 18.6. The van der Waals surface area contributed by atoms with Crippen molar-refractivity contribution in [1.82, 2.24) is 9.80 Å². The highest BCUT2D eigenvalue weighted by molar-refractivity contribution is 6.37. The summed E-state index contributed by atoms with van der Waals surface area (Å²) in [6.45, 7) is 3.29. The van der Waals surface area contributed by atoms with Crippen molar-refractivity contribution >= 4 is 34.8 Å². The third-order valence-corrected chi connectivity index (χ3v) is 5.99. The first-order chi connectivity index (χ1) is 14.7. The first-order valence-corrected chi connectivity index (χ1v) is 11.1. The molecule has 0 atom stereocenters. The fourth-order valence-corrected chi connectivity index (χ4v) is 4.19. The van der Waals surface area contributed by atoms with Crippen LogP contribution in [0, 0.1) is 0 Å². The SMILES string of the molecule is O=C(CN1CCCCC1)Nc1cc(C(F)(F)F)cc(NC(=O)CN2CCCCC2)c1Cl. The number of alkyl halides is 3. The van der Waals surface area contributed by atoms with Crippen molar-refractivity contribution in [2.45, 2.75) is 44.7 Å². The van der Waals surface area contributed by atoms with Crippen LogP contribution in [0.4, 0.5) is 24.5 Å². The average Bonchev–Trinajstić information content (AvgIpc) is 2.71. The molecule has 0 bridgehead atoms. The molecule has 2 amide bonds. The first kappa shape index (κ1) is 23.8. The number of likely N-dealkylation sites (tertiary alicyclic amines) is 2. The number of nitrogens with zero attached hydrogens (tertiary/aromatic N) is 2. The smallest absolute Gasteiger partial charge is 0.324 e. The molecular weight excluding hydrogens is 433 g/mol. The maximum Gasteiger partial charge on any atom is 0.416 e. The number of hydrogen-bond acceptors (Lipinski definition) is 4. The summed E-state index contributed by atoms with van der Waals surface area (Å²) in [6, 6.07) is 1.60. The van der Waals surface area contributed by atoms with Crippen LogP contribution in [0.15, 0.2) is 12.1 Å². The lowest BCUT2D eigenvalue weighted by Crippen LogP contribution is -2.37. The van der Waals surface area contributed by atoms with Gasteiger partial charge in [0, 0.05) is 0 Å². The van der Waals surface area contributed by atoms with Gasteiger partial charge in [-0.1, -0.05) is 24.4 Å². The van der Waals surface area contributed by atoms with Crippen molar-refractivity contribution in [3.05, 3.63) is 22.7 Å². The molecule has 31 heavy (non-hydrogen) atoms. The van der Waals surface area contributed by atoms with E-state index >= 15 is 0 Å². The monoisotopic (exact) mass is 460 g/mol. The van der Waals surface area contributed by atoms with E-state index in [0.29, 0.717) is 0 Å². The van der Waals surface area contributed by atoms with Crippen molar-refractivity contribution in [1.29, 1.82) is 0 Å². The molecule has 2 fully saturated rings. The van der Waals surface area contributed by atoms with Gasteiger partial charge in [0.1, 0.15) is 0 Å². The number of amides is 2. The predicted octanol–water partition coefficient (Wildman–Crippen LogP) is 4.21. The third kappa shape index (κ3) is 7.08. The molecule has 0 radical (unpaired) electrons. The molecule has 0 aromatic heterocycles. The Balaban J connectivity index is 1.73. The van der Waals surface area contributed by atoms with Crippen molar-refractivity contribution in [2.75, 3.05) is 49.9 Å². The number of carbonyl (C=O) groups excluding carboxylic acids is 2. The minimum absolute atomic E-state index is 0.0865. The summed E-state index contributed by atoms with van der Waals surface area (Å²) < 4.78 is 40.2. The molecule has 2 N–H and O–H groups in total.